The van der Waals surface area contributed by atoms with Crippen molar-refractivity contribution in [1.82, 2.24) is 19.6 Å². The summed E-state index contributed by atoms with van der Waals surface area (Å²) in [5.74, 6) is 1.01. The van der Waals surface area contributed by atoms with Crippen LogP contribution >= 0.6 is 0 Å². The van der Waals surface area contributed by atoms with Crippen LogP contribution in [0, 0.1) is 0 Å². The van der Waals surface area contributed by atoms with Crippen LogP contribution in [0.4, 0.5) is 0 Å². The minimum absolute atomic E-state index is 0.329. The standard InChI is InChI=1S/C9H16N2O.C7H12N2.C4H8O.C2H6/c1-7(2)9-4-5-11(10-9)6-8(3)12;1-6(2)7-4-5-9(3)8-7;1-2-4-5-3-1;1-2/h4-5,7-8,12H,6H2,1-3H3;4-6H,1-3H3;1-4H2;1-2H3/t8-;;;/m0.../s1. The summed E-state index contributed by atoms with van der Waals surface area (Å²) >= 11 is 0. The van der Waals surface area contributed by atoms with Gasteiger partial charge in [-0.2, -0.15) is 10.2 Å². The van der Waals surface area contributed by atoms with Crippen molar-refractivity contribution in [3.63, 3.8) is 0 Å². The first kappa shape index (κ1) is 26.3. The molecule has 3 rings (SSSR count). The Balaban J connectivity index is 0.000000399. The molecule has 6 nitrogen and oxygen atoms in total. The Hall–Kier alpha value is -1.66. The van der Waals surface area contributed by atoms with Crippen molar-refractivity contribution >= 4 is 0 Å². The topological polar surface area (TPSA) is 65.1 Å². The maximum atomic E-state index is 9.09. The van der Waals surface area contributed by atoms with Crippen molar-refractivity contribution < 1.29 is 9.84 Å². The van der Waals surface area contributed by atoms with Crippen LogP contribution in [0.5, 0.6) is 0 Å². The number of aliphatic hydroxyl groups excluding tert-OH is 1. The quantitative estimate of drug-likeness (QED) is 0.812. The van der Waals surface area contributed by atoms with Crippen molar-refractivity contribution in [2.75, 3.05) is 13.2 Å². The van der Waals surface area contributed by atoms with Gasteiger partial charge in [-0.05, 0) is 43.7 Å². The van der Waals surface area contributed by atoms with Gasteiger partial charge in [-0.15, -0.1) is 0 Å². The van der Waals surface area contributed by atoms with E-state index in [2.05, 4.69) is 37.9 Å². The summed E-state index contributed by atoms with van der Waals surface area (Å²) in [6, 6.07) is 4.04. The normalized spacial score (nSPS) is 13.8. The molecule has 0 spiro atoms. The van der Waals surface area contributed by atoms with Crippen LogP contribution in [0.3, 0.4) is 0 Å². The molecule has 1 saturated heterocycles. The third-order valence-corrected chi connectivity index (χ3v) is 3.86. The highest BCUT2D eigenvalue weighted by Crippen LogP contribution is 2.10. The fourth-order valence-corrected chi connectivity index (χ4v) is 2.31. The zero-order valence-electron chi connectivity index (χ0n) is 19.2. The molecule has 1 aliphatic heterocycles. The summed E-state index contributed by atoms with van der Waals surface area (Å²) < 4.78 is 8.55. The van der Waals surface area contributed by atoms with Crippen LogP contribution in [0.25, 0.3) is 0 Å². The van der Waals surface area contributed by atoms with Crippen LogP contribution < -0.4 is 0 Å². The van der Waals surface area contributed by atoms with Crippen molar-refractivity contribution in [3.8, 4) is 0 Å². The SMILES string of the molecule is C1CCOC1.CC.CC(C)c1ccn(C)n1.CC(C)c1ccn(C[C@H](C)O)n1. The van der Waals surface area contributed by atoms with E-state index in [1.807, 2.05) is 50.1 Å². The zero-order chi connectivity index (χ0) is 21.5. The summed E-state index contributed by atoms with van der Waals surface area (Å²) in [6.07, 6.45) is 6.10. The largest absolute Gasteiger partial charge is 0.391 e. The van der Waals surface area contributed by atoms with Gasteiger partial charge in [-0.3, -0.25) is 9.36 Å². The molecule has 0 saturated carbocycles. The molecule has 0 aliphatic carbocycles. The van der Waals surface area contributed by atoms with E-state index in [1.54, 1.807) is 11.6 Å². The lowest BCUT2D eigenvalue weighted by Gasteiger charge is -2.03. The number of hydrogen-bond donors (Lipinski definition) is 1. The predicted octanol–water partition coefficient (Wildman–Crippen LogP) is 4.75. The van der Waals surface area contributed by atoms with Crippen LogP contribution in [-0.4, -0.2) is 44.0 Å². The predicted molar refractivity (Wildman–Crippen MR) is 117 cm³/mol. The van der Waals surface area contributed by atoms with E-state index in [-0.39, 0.29) is 6.10 Å². The van der Waals surface area contributed by atoms with Crippen LogP contribution in [-0.2, 0) is 18.3 Å². The lowest BCUT2D eigenvalue weighted by Crippen LogP contribution is -2.12. The number of rotatable bonds is 4. The summed E-state index contributed by atoms with van der Waals surface area (Å²) in [5, 5.41) is 17.6. The Kier molecular flexibility index (Phi) is 14.4. The Bertz CT molecular complexity index is 592. The summed E-state index contributed by atoms with van der Waals surface area (Å²) in [7, 11) is 1.94. The molecule has 2 aromatic heterocycles. The van der Waals surface area contributed by atoms with Crippen molar-refractivity contribution in [2.45, 2.75) is 85.8 Å². The first-order chi connectivity index (χ1) is 13.3. The Labute approximate surface area is 171 Å². The van der Waals surface area contributed by atoms with Gasteiger partial charge >= 0.3 is 0 Å². The molecular formula is C22H42N4O2. The molecule has 0 bridgehead atoms. The molecule has 0 amide bonds. The average molecular weight is 395 g/mol. The molecule has 162 valence electrons. The molecular weight excluding hydrogens is 352 g/mol. The number of nitrogens with zero attached hydrogens (tertiary/aromatic N) is 4. The van der Waals surface area contributed by atoms with E-state index < -0.39 is 0 Å². The lowest BCUT2D eigenvalue weighted by molar-refractivity contribution is 0.168. The molecule has 0 radical (unpaired) electrons. The average Bonchev–Trinajstić information content (AvgIpc) is 3.40. The molecule has 0 unspecified atom stereocenters. The Morgan fingerprint density at radius 3 is 1.71 bits per heavy atom. The van der Waals surface area contributed by atoms with Gasteiger partial charge in [0.1, 0.15) is 0 Å². The van der Waals surface area contributed by atoms with Crippen LogP contribution in [0.15, 0.2) is 24.5 Å². The fraction of sp³-hybridized carbons (Fsp3) is 0.727. The van der Waals surface area contributed by atoms with Gasteiger partial charge in [0.15, 0.2) is 0 Å². The highest BCUT2D eigenvalue weighted by atomic mass is 16.5. The maximum absolute atomic E-state index is 9.09. The minimum Gasteiger partial charge on any atom is -0.391 e. The van der Waals surface area contributed by atoms with Crippen LogP contribution in [0.2, 0.25) is 0 Å². The molecule has 1 N–H and O–H groups in total. The first-order valence-electron chi connectivity index (χ1n) is 10.6. The molecule has 3 heterocycles. The minimum atomic E-state index is -0.329. The molecule has 1 atom stereocenters. The second kappa shape index (κ2) is 15.3. The number of aryl methyl sites for hydroxylation is 1. The number of aromatic nitrogens is 4. The van der Waals surface area contributed by atoms with Crippen molar-refractivity contribution in [3.05, 3.63) is 35.9 Å². The van der Waals surface area contributed by atoms with Crippen molar-refractivity contribution in [1.29, 1.82) is 0 Å². The third-order valence-electron chi connectivity index (χ3n) is 3.86. The monoisotopic (exact) mass is 394 g/mol. The summed E-state index contributed by atoms with van der Waals surface area (Å²) in [5.41, 5.74) is 2.24. The van der Waals surface area contributed by atoms with E-state index in [1.165, 1.54) is 12.8 Å². The second-order valence-electron chi connectivity index (χ2n) is 7.35. The molecule has 28 heavy (non-hydrogen) atoms. The number of ether oxygens (including phenoxy) is 1. The zero-order valence-corrected chi connectivity index (χ0v) is 19.2. The van der Waals surface area contributed by atoms with Gasteiger partial charge in [0.2, 0.25) is 0 Å². The van der Waals surface area contributed by atoms with Gasteiger partial charge < -0.3 is 9.84 Å². The van der Waals surface area contributed by atoms with Gasteiger partial charge in [0, 0.05) is 32.7 Å². The van der Waals surface area contributed by atoms with E-state index in [0.717, 1.165) is 24.6 Å². The number of hydrogen-bond acceptors (Lipinski definition) is 4. The summed E-state index contributed by atoms with van der Waals surface area (Å²) in [4.78, 5) is 0. The second-order valence-corrected chi connectivity index (χ2v) is 7.35. The van der Waals surface area contributed by atoms with Gasteiger partial charge in [-0.25, -0.2) is 0 Å². The molecule has 1 aliphatic rings. The first-order valence-corrected chi connectivity index (χ1v) is 10.6. The van der Waals surface area contributed by atoms with Gasteiger partial charge in [0.05, 0.1) is 24.0 Å². The summed E-state index contributed by atoms with van der Waals surface area (Å²) in [6.45, 7) is 16.8. The molecule has 1 fully saturated rings. The highest BCUT2D eigenvalue weighted by molar-refractivity contribution is 5.04. The Morgan fingerprint density at radius 1 is 0.929 bits per heavy atom. The molecule has 6 heteroatoms. The molecule has 2 aromatic rings. The third kappa shape index (κ3) is 11.9. The maximum Gasteiger partial charge on any atom is 0.0708 e. The smallest absolute Gasteiger partial charge is 0.0708 e. The fourth-order valence-electron chi connectivity index (χ4n) is 2.31. The van der Waals surface area contributed by atoms with Crippen LogP contribution in [0.1, 0.15) is 84.5 Å². The Morgan fingerprint density at radius 2 is 1.43 bits per heavy atom. The van der Waals surface area contributed by atoms with E-state index >= 15 is 0 Å². The van der Waals surface area contributed by atoms with E-state index in [0.29, 0.717) is 18.4 Å². The molecule has 0 aromatic carbocycles. The highest BCUT2D eigenvalue weighted by Gasteiger charge is 2.04. The van der Waals surface area contributed by atoms with E-state index in [4.69, 9.17) is 9.84 Å². The van der Waals surface area contributed by atoms with Crippen molar-refractivity contribution in [2.24, 2.45) is 7.05 Å². The van der Waals surface area contributed by atoms with E-state index in [9.17, 15) is 0 Å². The van der Waals surface area contributed by atoms with Gasteiger partial charge in [0.25, 0.3) is 0 Å². The van der Waals surface area contributed by atoms with Gasteiger partial charge in [-0.1, -0.05) is 41.5 Å². The number of aliphatic hydroxyl groups is 1. The lowest BCUT2D eigenvalue weighted by atomic mass is 10.1.